The second-order valence-electron chi connectivity index (χ2n) is 10.5. The molecule has 0 aliphatic carbocycles. The number of allylic oxidation sites excluding steroid dienone is 1. The van der Waals surface area contributed by atoms with E-state index in [1.165, 1.54) is 134 Å². The van der Waals surface area contributed by atoms with Crippen LogP contribution in [-0.2, 0) is 0 Å². The van der Waals surface area contributed by atoms with Crippen LogP contribution in [0.3, 0.4) is 0 Å². The third-order valence-electron chi connectivity index (χ3n) is 7.11. The van der Waals surface area contributed by atoms with E-state index in [1.54, 1.807) is 18.5 Å². The van der Waals surface area contributed by atoms with E-state index in [0.29, 0.717) is 0 Å². The summed E-state index contributed by atoms with van der Waals surface area (Å²) in [4.78, 5) is 0. The molecular formula is C29H61P. The van der Waals surface area contributed by atoms with Gasteiger partial charge in [-0.3, -0.25) is 0 Å². The minimum Gasteiger partial charge on any atom is -0.0654 e. The quantitative estimate of drug-likeness (QED) is 0.0795. The molecule has 30 heavy (non-hydrogen) atoms. The van der Waals surface area contributed by atoms with Gasteiger partial charge < -0.3 is 0 Å². The van der Waals surface area contributed by atoms with Gasteiger partial charge in [0, 0.05) is 0 Å². The molecule has 0 aromatic rings. The Morgan fingerprint density at radius 3 is 1.10 bits per heavy atom. The zero-order chi connectivity index (χ0) is 22.3. The van der Waals surface area contributed by atoms with Crippen LogP contribution >= 0.6 is 7.26 Å². The second kappa shape index (κ2) is 22.4. The molecule has 1 heteroatoms. The van der Waals surface area contributed by atoms with Crippen molar-refractivity contribution in [2.75, 3.05) is 24.6 Å². The van der Waals surface area contributed by atoms with Crippen molar-refractivity contribution in [3.8, 4) is 0 Å². The van der Waals surface area contributed by atoms with Gasteiger partial charge in [0.1, 0.15) is 0 Å². The molecule has 0 aliphatic rings. The van der Waals surface area contributed by atoms with Gasteiger partial charge in [0.05, 0.1) is 0 Å². The Bertz CT molecular complexity index is 351. The van der Waals surface area contributed by atoms with Crippen LogP contribution < -0.4 is 0 Å². The number of unbranched alkanes of at least 4 members (excludes halogenated alkanes) is 16. The molecule has 0 radical (unpaired) electrons. The first-order valence-electron chi connectivity index (χ1n) is 14.2. The molecule has 0 aromatic carbocycles. The molecule has 0 bridgehead atoms. The van der Waals surface area contributed by atoms with E-state index >= 15 is 0 Å². The summed E-state index contributed by atoms with van der Waals surface area (Å²) in [6.07, 6.45) is 33.9. The van der Waals surface area contributed by atoms with E-state index < -0.39 is 7.26 Å². The molecule has 0 aromatic heterocycles. The maximum atomic E-state index is 4.31. The molecule has 0 saturated heterocycles. The summed E-state index contributed by atoms with van der Waals surface area (Å²) in [6, 6.07) is 0. The van der Waals surface area contributed by atoms with Crippen LogP contribution in [0.2, 0.25) is 0 Å². The van der Waals surface area contributed by atoms with Crippen LogP contribution in [0.15, 0.2) is 12.2 Å². The van der Waals surface area contributed by atoms with Gasteiger partial charge in [0.15, 0.2) is 0 Å². The third-order valence-corrected chi connectivity index (χ3v) is 12.7. The van der Waals surface area contributed by atoms with Gasteiger partial charge in [-0.05, 0) is 0 Å². The average molecular weight is 441 g/mol. The Morgan fingerprint density at radius 2 is 0.767 bits per heavy atom. The smallest absolute Gasteiger partial charge is 0.0654 e. The van der Waals surface area contributed by atoms with Gasteiger partial charge >= 0.3 is 161 Å². The predicted molar refractivity (Wildman–Crippen MR) is 147 cm³/mol. The van der Waals surface area contributed by atoms with E-state index in [1.807, 2.05) is 0 Å². The molecule has 0 saturated carbocycles. The van der Waals surface area contributed by atoms with Gasteiger partial charge in [-0.15, -0.1) is 0 Å². The summed E-state index contributed by atoms with van der Waals surface area (Å²) < 4.78 is 0. The maximum absolute atomic E-state index is 4.31. The summed E-state index contributed by atoms with van der Waals surface area (Å²) in [7, 11) is -1.11. The fourth-order valence-corrected chi connectivity index (χ4v) is 11.0. The molecule has 0 heterocycles. The van der Waals surface area contributed by atoms with Gasteiger partial charge in [0.25, 0.3) is 0 Å². The summed E-state index contributed by atoms with van der Waals surface area (Å²) in [5.41, 5.74) is 1.47. The molecular weight excluding hydrogens is 379 g/mol. The molecule has 0 N–H and O–H groups in total. The first-order chi connectivity index (χ1) is 14.6. The third kappa shape index (κ3) is 18.9. The summed E-state index contributed by atoms with van der Waals surface area (Å²) in [5.74, 6) is 0. The monoisotopic (exact) mass is 440 g/mol. The normalized spacial score (nSPS) is 12.4. The number of hydrogen-bond acceptors (Lipinski definition) is 0. The van der Waals surface area contributed by atoms with Crippen molar-refractivity contribution in [1.29, 1.82) is 0 Å². The second-order valence-corrected chi connectivity index (χ2v) is 15.4. The number of rotatable bonds is 24. The van der Waals surface area contributed by atoms with Crippen LogP contribution in [0.4, 0.5) is 0 Å². The molecule has 0 amide bonds. The van der Waals surface area contributed by atoms with E-state index in [0.717, 1.165) is 0 Å². The molecule has 0 atom stereocenters. The summed E-state index contributed by atoms with van der Waals surface area (Å²) >= 11 is 0. The van der Waals surface area contributed by atoms with Crippen molar-refractivity contribution in [3.63, 3.8) is 0 Å². The van der Waals surface area contributed by atoms with Gasteiger partial charge in [-0.25, -0.2) is 0 Å². The van der Waals surface area contributed by atoms with Crippen molar-refractivity contribution in [2.45, 2.75) is 150 Å². The van der Waals surface area contributed by atoms with Crippen molar-refractivity contribution in [2.24, 2.45) is 0 Å². The number of hydrogen-bond donors (Lipinski definition) is 0. The minimum absolute atomic E-state index is 1.11. The zero-order valence-corrected chi connectivity index (χ0v) is 23.0. The predicted octanol–water partition coefficient (Wildman–Crippen LogP) is 10.8. The SMILES string of the molecule is C=C(C)C[PH](CCCC)(CCCC)CCCCCCCCCCCCCCCCC. The molecule has 0 rings (SSSR count). The first-order valence-corrected chi connectivity index (χ1v) is 17.1. The van der Waals surface area contributed by atoms with Crippen LogP contribution in [0.1, 0.15) is 150 Å². The van der Waals surface area contributed by atoms with E-state index in [4.69, 9.17) is 0 Å². The van der Waals surface area contributed by atoms with Crippen molar-refractivity contribution < 1.29 is 0 Å². The molecule has 0 fully saturated rings. The molecule has 182 valence electrons. The Morgan fingerprint density at radius 1 is 0.467 bits per heavy atom. The van der Waals surface area contributed by atoms with Crippen LogP contribution in [-0.4, -0.2) is 24.6 Å². The van der Waals surface area contributed by atoms with Gasteiger partial charge in [-0.1, -0.05) is 32.6 Å². The van der Waals surface area contributed by atoms with Gasteiger partial charge in [0.2, 0.25) is 0 Å². The Labute approximate surface area is 193 Å². The standard InChI is InChI=1S/C29H61P/c1-6-9-12-13-14-15-16-17-18-19-20-21-22-23-24-27-30(25-10-7-2,26-11-8-3)28-29(4)5/h30H,4,6-28H2,1-3,5H3. The van der Waals surface area contributed by atoms with Crippen molar-refractivity contribution in [3.05, 3.63) is 12.2 Å². The fraction of sp³-hybridized carbons (Fsp3) is 0.931. The Balaban J connectivity index is 3.79. The van der Waals surface area contributed by atoms with Crippen molar-refractivity contribution >= 4 is 7.26 Å². The molecule has 0 unspecified atom stereocenters. The average Bonchev–Trinajstić information content (AvgIpc) is 2.73. The zero-order valence-electron chi connectivity index (χ0n) is 22.0. The van der Waals surface area contributed by atoms with Crippen LogP contribution in [0.5, 0.6) is 0 Å². The van der Waals surface area contributed by atoms with E-state index in [2.05, 4.69) is 34.3 Å². The van der Waals surface area contributed by atoms with Crippen LogP contribution in [0, 0.1) is 0 Å². The molecule has 0 spiro atoms. The van der Waals surface area contributed by atoms with E-state index in [-0.39, 0.29) is 0 Å². The Kier molecular flexibility index (Phi) is 22.5. The topological polar surface area (TPSA) is 0 Å². The minimum atomic E-state index is -1.11. The molecule has 0 aliphatic heterocycles. The van der Waals surface area contributed by atoms with Crippen molar-refractivity contribution in [1.82, 2.24) is 0 Å². The van der Waals surface area contributed by atoms with Gasteiger partial charge in [-0.2, -0.15) is 0 Å². The Hall–Kier alpha value is 0.170. The van der Waals surface area contributed by atoms with E-state index in [9.17, 15) is 0 Å². The van der Waals surface area contributed by atoms with Crippen LogP contribution in [0.25, 0.3) is 0 Å². The molecule has 0 nitrogen and oxygen atoms in total. The summed E-state index contributed by atoms with van der Waals surface area (Å²) in [5, 5.41) is 0. The fourth-order valence-electron chi connectivity index (χ4n) is 5.26. The summed E-state index contributed by atoms with van der Waals surface area (Å²) in [6.45, 7) is 13.6. The first kappa shape index (κ1) is 30.2.